The fraction of sp³-hybridized carbons (Fsp3) is 0.259. The minimum absolute atomic E-state index is 0.000303. The number of rotatable bonds is 4. The zero-order valence-corrected chi connectivity index (χ0v) is 20.2. The summed E-state index contributed by atoms with van der Waals surface area (Å²) in [4.78, 5) is 0. The predicted octanol–water partition coefficient (Wildman–Crippen LogP) is 5.50. The zero-order chi connectivity index (χ0) is 26.7. The van der Waals surface area contributed by atoms with Crippen LogP contribution in [0.5, 0.6) is 0 Å². The maximum Gasteiger partial charge on any atom is 0.422 e. The van der Waals surface area contributed by atoms with Crippen LogP contribution in [0.3, 0.4) is 0 Å². The number of benzene rings is 2. The summed E-state index contributed by atoms with van der Waals surface area (Å²) in [6.07, 6.45) is -2.06. The largest absolute Gasteiger partial charge is 0.422 e. The fourth-order valence-electron chi connectivity index (χ4n) is 4.18. The SMILES string of the molecule is C/C(N)=C\Cc1ccc2c(c1)CCc1c-2noc1-c1noc(-c2ccccc2)c1C(F)(F)F.CC(O)O. The molecule has 0 radical (unpaired) electrons. The van der Waals surface area contributed by atoms with E-state index in [4.69, 9.17) is 25.0 Å². The van der Waals surface area contributed by atoms with Gasteiger partial charge in [0.05, 0.1) is 0 Å². The fourth-order valence-corrected chi connectivity index (χ4v) is 4.18. The Labute approximate surface area is 211 Å². The lowest BCUT2D eigenvalue weighted by atomic mass is 9.87. The van der Waals surface area contributed by atoms with Crippen molar-refractivity contribution in [2.45, 2.75) is 45.6 Å². The Balaban J connectivity index is 0.000000747. The number of aliphatic hydroxyl groups excluding tert-OH is 1. The molecule has 0 spiro atoms. The van der Waals surface area contributed by atoms with Crippen molar-refractivity contribution in [2.75, 3.05) is 0 Å². The third kappa shape index (κ3) is 5.76. The third-order valence-electron chi connectivity index (χ3n) is 5.74. The van der Waals surface area contributed by atoms with Gasteiger partial charge in [0.25, 0.3) is 0 Å². The molecule has 0 atom stereocenters. The molecule has 0 bridgehead atoms. The van der Waals surface area contributed by atoms with E-state index in [0.29, 0.717) is 30.5 Å². The second-order valence-electron chi connectivity index (χ2n) is 8.71. The standard InChI is InChI=1S/C25H20F3N3O2.C2H6O2/c1-14(29)7-8-15-9-11-18-17(13-15)10-12-19-21(18)30-33-24(19)22-20(25(26,27)28)23(32-31-22)16-5-3-2-4-6-16;1-2(3)4/h2-7,9,11,13H,8,10,12,29H2,1H3;2-4H,1H3/b14-7+;. The number of nitrogens with zero attached hydrogens (tertiary/aromatic N) is 2. The normalized spacial score (nSPS) is 13.1. The van der Waals surface area contributed by atoms with Crippen molar-refractivity contribution in [1.29, 1.82) is 0 Å². The van der Waals surface area contributed by atoms with Gasteiger partial charge in [-0.2, -0.15) is 13.2 Å². The Kier molecular flexibility index (Phi) is 7.51. The first-order valence-corrected chi connectivity index (χ1v) is 11.6. The monoisotopic (exact) mass is 513 g/mol. The molecule has 0 unspecified atom stereocenters. The van der Waals surface area contributed by atoms with Crippen LogP contribution in [0.4, 0.5) is 13.2 Å². The molecule has 0 aliphatic heterocycles. The quantitative estimate of drug-likeness (QED) is 0.308. The van der Waals surface area contributed by atoms with E-state index >= 15 is 0 Å². The molecule has 5 rings (SSSR count). The van der Waals surface area contributed by atoms with E-state index in [2.05, 4.69) is 16.4 Å². The van der Waals surface area contributed by atoms with Gasteiger partial charge in [-0.15, -0.1) is 0 Å². The number of fused-ring (bicyclic) bond motifs is 3. The van der Waals surface area contributed by atoms with Crippen LogP contribution in [0, 0.1) is 0 Å². The lowest BCUT2D eigenvalue weighted by Crippen LogP contribution is -2.08. The van der Waals surface area contributed by atoms with Gasteiger partial charge in [0.1, 0.15) is 17.5 Å². The Hall–Kier alpha value is -3.89. The first kappa shape index (κ1) is 26.2. The number of alkyl halides is 3. The van der Waals surface area contributed by atoms with Gasteiger partial charge < -0.3 is 25.0 Å². The summed E-state index contributed by atoms with van der Waals surface area (Å²) in [6, 6.07) is 14.1. The maximum absolute atomic E-state index is 14.1. The summed E-state index contributed by atoms with van der Waals surface area (Å²) in [7, 11) is 0. The summed E-state index contributed by atoms with van der Waals surface area (Å²) in [6.45, 7) is 3.12. The van der Waals surface area contributed by atoms with Gasteiger partial charge in [-0.25, -0.2) is 0 Å². The summed E-state index contributed by atoms with van der Waals surface area (Å²) in [5.41, 5.74) is 9.60. The van der Waals surface area contributed by atoms with Gasteiger partial charge in [-0.1, -0.05) is 64.9 Å². The number of aliphatic hydroxyl groups is 2. The molecule has 0 saturated carbocycles. The number of hydrogen-bond acceptors (Lipinski definition) is 7. The molecular weight excluding hydrogens is 487 g/mol. The lowest BCUT2D eigenvalue weighted by molar-refractivity contribution is -0.136. The molecule has 4 aromatic rings. The topological polar surface area (TPSA) is 119 Å². The predicted molar refractivity (Wildman–Crippen MR) is 131 cm³/mol. The van der Waals surface area contributed by atoms with Gasteiger partial charge in [-0.05, 0) is 44.2 Å². The van der Waals surface area contributed by atoms with E-state index in [9.17, 15) is 13.2 Å². The summed E-state index contributed by atoms with van der Waals surface area (Å²) >= 11 is 0. The van der Waals surface area contributed by atoms with E-state index in [1.807, 2.05) is 25.1 Å². The first-order valence-electron chi connectivity index (χ1n) is 11.6. The molecule has 4 N–H and O–H groups in total. The Bertz CT molecular complexity index is 1400. The molecule has 194 valence electrons. The van der Waals surface area contributed by atoms with Crippen LogP contribution in [0.1, 0.15) is 36.1 Å². The zero-order valence-electron chi connectivity index (χ0n) is 20.2. The molecular formula is C27H26F3N3O4. The summed E-state index contributed by atoms with van der Waals surface area (Å²) in [5, 5.41) is 23.1. The van der Waals surface area contributed by atoms with Crippen LogP contribution in [-0.4, -0.2) is 26.8 Å². The number of allylic oxidation sites excluding steroid dienone is 2. The van der Waals surface area contributed by atoms with Crippen molar-refractivity contribution < 1.29 is 32.4 Å². The number of aromatic nitrogens is 2. The van der Waals surface area contributed by atoms with Crippen molar-refractivity contribution in [3.05, 3.63) is 82.6 Å². The van der Waals surface area contributed by atoms with Crippen molar-refractivity contribution in [3.8, 4) is 34.0 Å². The Morgan fingerprint density at radius 3 is 2.32 bits per heavy atom. The van der Waals surface area contributed by atoms with E-state index in [0.717, 1.165) is 22.4 Å². The van der Waals surface area contributed by atoms with Gasteiger partial charge in [0, 0.05) is 22.4 Å². The molecule has 2 aromatic carbocycles. The van der Waals surface area contributed by atoms with Gasteiger partial charge >= 0.3 is 6.18 Å². The van der Waals surface area contributed by atoms with E-state index in [1.165, 1.54) is 6.92 Å². The molecule has 2 aromatic heterocycles. The Morgan fingerprint density at radius 2 is 1.68 bits per heavy atom. The van der Waals surface area contributed by atoms with Crippen molar-refractivity contribution in [1.82, 2.24) is 10.3 Å². The number of halogens is 3. The third-order valence-corrected chi connectivity index (χ3v) is 5.74. The molecule has 0 amide bonds. The molecule has 2 heterocycles. The highest BCUT2D eigenvalue weighted by molar-refractivity contribution is 5.79. The van der Waals surface area contributed by atoms with E-state index < -0.39 is 18.0 Å². The maximum atomic E-state index is 14.1. The van der Waals surface area contributed by atoms with Crippen LogP contribution >= 0.6 is 0 Å². The average molecular weight is 514 g/mol. The number of aryl methyl sites for hydroxylation is 1. The molecule has 0 fully saturated rings. The number of nitrogens with two attached hydrogens (primary N) is 1. The highest BCUT2D eigenvalue weighted by atomic mass is 19.4. The van der Waals surface area contributed by atoms with Crippen molar-refractivity contribution in [3.63, 3.8) is 0 Å². The molecule has 7 nitrogen and oxygen atoms in total. The van der Waals surface area contributed by atoms with Crippen LogP contribution in [0.2, 0.25) is 0 Å². The summed E-state index contributed by atoms with van der Waals surface area (Å²) in [5.74, 6) is -0.341. The highest BCUT2D eigenvalue weighted by Gasteiger charge is 2.43. The smallest absolute Gasteiger partial charge is 0.403 e. The Morgan fingerprint density at radius 1 is 1.03 bits per heavy atom. The molecule has 1 aliphatic carbocycles. The van der Waals surface area contributed by atoms with Crippen LogP contribution in [0.15, 0.2) is 69.4 Å². The van der Waals surface area contributed by atoms with E-state index in [1.54, 1.807) is 30.3 Å². The first-order chi connectivity index (χ1) is 17.6. The van der Waals surface area contributed by atoms with Crippen molar-refractivity contribution >= 4 is 0 Å². The molecule has 10 heteroatoms. The van der Waals surface area contributed by atoms with Crippen LogP contribution < -0.4 is 5.73 Å². The number of hydrogen-bond donors (Lipinski definition) is 3. The molecule has 37 heavy (non-hydrogen) atoms. The summed E-state index contributed by atoms with van der Waals surface area (Å²) < 4.78 is 52.9. The average Bonchev–Trinajstić information content (AvgIpc) is 3.47. The van der Waals surface area contributed by atoms with Crippen LogP contribution in [-0.2, 0) is 25.4 Å². The van der Waals surface area contributed by atoms with Crippen LogP contribution in [0.25, 0.3) is 34.0 Å². The van der Waals surface area contributed by atoms with Crippen molar-refractivity contribution in [2.24, 2.45) is 5.73 Å². The van der Waals surface area contributed by atoms with Gasteiger partial charge in [-0.3, -0.25) is 0 Å². The van der Waals surface area contributed by atoms with E-state index in [-0.39, 0.29) is 22.8 Å². The highest BCUT2D eigenvalue weighted by Crippen LogP contribution is 2.46. The minimum atomic E-state index is -4.68. The van der Waals surface area contributed by atoms with Gasteiger partial charge in [0.2, 0.25) is 0 Å². The second-order valence-corrected chi connectivity index (χ2v) is 8.71. The lowest BCUT2D eigenvalue weighted by Gasteiger charge is -2.16. The minimum Gasteiger partial charge on any atom is -0.403 e. The molecule has 1 aliphatic rings. The second kappa shape index (κ2) is 10.6. The van der Waals surface area contributed by atoms with Gasteiger partial charge in [0.15, 0.2) is 17.2 Å². The molecule has 0 saturated heterocycles.